The molecule has 1 heterocycles. The van der Waals surface area contributed by atoms with Crippen LogP contribution >= 0.6 is 0 Å². The summed E-state index contributed by atoms with van der Waals surface area (Å²) in [5.74, 6) is -1.10. The fourth-order valence-corrected chi connectivity index (χ4v) is 4.35. The van der Waals surface area contributed by atoms with E-state index in [1.54, 1.807) is 0 Å². The predicted octanol–water partition coefficient (Wildman–Crippen LogP) is 2.93. The summed E-state index contributed by atoms with van der Waals surface area (Å²) in [5.41, 5.74) is 0.501. The van der Waals surface area contributed by atoms with Gasteiger partial charge in [-0.2, -0.15) is 15.8 Å². The molecule has 1 aromatic rings. The van der Waals surface area contributed by atoms with Crippen LogP contribution in [0.1, 0.15) is 12.0 Å². The maximum absolute atomic E-state index is 9.89. The van der Waals surface area contributed by atoms with E-state index >= 15 is 0 Å². The van der Waals surface area contributed by atoms with Gasteiger partial charge in [-0.15, -0.1) is 0 Å². The molecule has 2 aliphatic rings. The molecule has 0 amide bonds. The molecule has 0 bridgehead atoms. The van der Waals surface area contributed by atoms with Crippen molar-refractivity contribution in [2.24, 2.45) is 23.2 Å². The Hall–Kier alpha value is -2.94. The van der Waals surface area contributed by atoms with E-state index in [0.717, 1.165) is 24.1 Å². The predicted molar refractivity (Wildman–Crippen MR) is 97.8 cm³/mol. The zero-order valence-corrected chi connectivity index (χ0v) is 14.8. The Labute approximate surface area is 154 Å². The first-order chi connectivity index (χ1) is 12.6. The van der Waals surface area contributed by atoms with Crippen molar-refractivity contribution in [3.63, 3.8) is 0 Å². The molecule has 130 valence electrons. The smallest absolute Gasteiger partial charge is 0.185 e. The molecule has 5 nitrogen and oxygen atoms in total. The van der Waals surface area contributed by atoms with Crippen LogP contribution in [0.2, 0.25) is 0 Å². The second kappa shape index (κ2) is 7.12. The molecule has 1 aliphatic heterocycles. The van der Waals surface area contributed by atoms with Crippen molar-refractivity contribution in [3.05, 3.63) is 47.5 Å². The van der Waals surface area contributed by atoms with Crippen molar-refractivity contribution in [2.75, 3.05) is 20.1 Å². The van der Waals surface area contributed by atoms with Crippen LogP contribution in [-0.2, 0) is 6.42 Å². The first-order valence-corrected chi connectivity index (χ1v) is 8.80. The summed E-state index contributed by atoms with van der Waals surface area (Å²) in [4.78, 5) is 2.15. The zero-order valence-electron chi connectivity index (χ0n) is 14.8. The van der Waals surface area contributed by atoms with E-state index in [9.17, 15) is 15.8 Å². The number of aryl methyl sites for hydroxylation is 1. The molecule has 1 N–H and O–H groups in total. The second-order valence-corrected chi connectivity index (χ2v) is 7.17. The Kier molecular flexibility index (Phi) is 4.90. The summed E-state index contributed by atoms with van der Waals surface area (Å²) < 4.78 is 0. The molecule has 0 saturated heterocycles. The van der Waals surface area contributed by atoms with Crippen LogP contribution in [0.25, 0.3) is 0 Å². The van der Waals surface area contributed by atoms with Gasteiger partial charge in [0.05, 0.1) is 23.9 Å². The van der Waals surface area contributed by atoms with E-state index in [2.05, 4.69) is 23.1 Å². The molecule has 1 aromatic carbocycles. The Bertz CT molecular complexity index is 835. The zero-order chi connectivity index (χ0) is 18.7. The molecule has 1 aliphatic carbocycles. The number of nitrogens with zero attached hydrogens (tertiary/aromatic N) is 4. The lowest BCUT2D eigenvalue weighted by atomic mass is 9.55. The van der Waals surface area contributed by atoms with Gasteiger partial charge in [-0.1, -0.05) is 36.4 Å². The van der Waals surface area contributed by atoms with Crippen LogP contribution in [0.3, 0.4) is 0 Å². The molecule has 0 aromatic heterocycles. The largest absolute Gasteiger partial charge is 0.305 e. The number of nitrogens with one attached hydrogen (secondary N) is 1. The molecule has 3 rings (SSSR count). The first-order valence-electron chi connectivity index (χ1n) is 8.80. The Morgan fingerprint density at radius 3 is 2.50 bits per heavy atom. The third-order valence-electron chi connectivity index (χ3n) is 5.73. The van der Waals surface area contributed by atoms with Crippen molar-refractivity contribution in [1.29, 1.82) is 21.2 Å². The molecule has 3 atom stereocenters. The van der Waals surface area contributed by atoms with Gasteiger partial charge >= 0.3 is 0 Å². The van der Waals surface area contributed by atoms with Crippen molar-refractivity contribution < 1.29 is 0 Å². The van der Waals surface area contributed by atoms with Crippen molar-refractivity contribution in [2.45, 2.75) is 12.8 Å². The quantitative estimate of drug-likeness (QED) is 0.853. The lowest BCUT2D eigenvalue weighted by molar-refractivity contribution is 0.179. The molecule has 26 heavy (non-hydrogen) atoms. The Balaban J connectivity index is 2.02. The lowest BCUT2D eigenvalue weighted by Gasteiger charge is -2.47. The molecule has 0 spiro atoms. The first kappa shape index (κ1) is 17.9. The van der Waals surface area contributed by atoms with E-state index in [1.807, 2.05) is 43.5 Å². The van der Waals surface area contributed by atoms with Gasteiger partial charge in [-0.3, -0.25) is 0 Å². The summed E-state index contributed by atoms with van der Waals surface area (Å²) in [7, 11) is 2.00. The van der Waals surface area contributed by atoms with Crippen LogP contribution in [0.4, 0.5) is 0 Å². The van der Waals surface area contributed by atoms with E-state index in [4.69, 9.17) is 5.41 Å². The van der Waals surface area contributed by atoms with E-state index in [1.165, 1.54) is 0 Å². The fourth-order valence-electron chi connectivity index (χ4n) is 4.35. The minimum absolute atomic E-state index is 0.0458. The molecule has 5 heteroatoms. The highest BCUT2D eigenvalue weighted by molar-refractivity contribution is 6.00. The minimum atomic E-state index is -1.53. The highest BCUT2D eigenvalue weighted by Crippen LogP contribution is 2.50. The summed E-state index contributed by atoms with van der Waals surface area (Å²) in [5, 5.41) is 37.9. The normalized spacial score (nSPS) is 27.4. The van der Waals surface area contributed by atoms with Crippen molar-refractivity contribution in [3.8, 4) is 18.2 Å². The van der Waals surface area contributed by atoms with Gasteiger partial charge in [0.2, 0.25) is 0 Å². The highest BCUT2D eigenvalue weighted by atomic mass is 15.1. The summed E-state index contributed by atoms with van der Waals surface area (Å²) >= 11 is 0. The number of likely N-dealkylation sites (N-methyl/N-ethyl adjacent to an activating group) is 1. The third-order valence-corrected chi connectivity index (χ3v) is 5.73. The lowest BCUT2D eigenvalue weighted by Crippen LogP contribution is -2.53. The highest BCUT2D eigenvalue weighted by Gasteiger charge is 2.56. The van der Waals surface area contributed by atoms with Gasteiger partial charge in [0, 0.05) is 19.0 Å². The molecular formula is C21H21N5. The maximum atomic E-state index is 9.89. The van der Waals surface area contributed by atoms with Crippen LogP contribution in [0.5, 0.6) is 0 Å². The molecular weight excluding hydrogens is 322 g/mol. The summed E-state index contributed by atoms with van der Waals surface area (Å²) in [6.45, 7) is 1.44. The Morgan fingerprint density at radius 2 is 1.88 bits per heavy atom. The molecule has 0 radical (unpaired) electrons. The number of fused-ring (bicyclic) bond motifs is 1. The Morgan fingerprint density at radius 1 is 1.19 bits per heavy atom. The second-order valence-electron chi connectivity index (χ2n) is 7.17. The summed E-state index contributed by atoms with van der Waals surface area (Å²) in [6.07, 6.45) is 3.40. The van der Waals surface area contributed by atoms with Crippen LogP contribution in [0.15, 0.2) is 42.0 Å². The van der Waals surface area contributed by atoms with Crippen LogP contribution < -0.4 is 0 Å². The van der Waals surface area contributed by atoms with Crippen molar-refractivity contribution >= 4 is 5.71 Å². The van der Waals surface area contributed by atoms with Gasteiger partial charge in [-0.05, 0) is 36.9 Å². The third kappa shape index (κ3) is 2.80. The SMILES string of the molecule is CN1CC=C2C(C#N)C(=N)C(C#N)(C#N)[C@@H](CCc3ccccc3)[C@@H]2C1. The summed E-state index contributed by atoms with van der Waals surface area (Å²) in [6, 6.07) is 16.4. The number of rotatable bonds is 3. The molecule has 1 saturated carbocycles. The average molecular weight is 343 g/mol. The van der Waals surface area contributed by atoms with Crippen LogP contribution in [0, 0.1) is 62.6 Å². The van der Waals surface area contributed by atoms with Gasteiger partial charge in [0.15, 0.2) is 5.41 Å². The van der Waals surface area contributed by atoms with Gasteiger partial charge < -0.3 is 10.3 Å². The molecule has 1 fully saturated rings. The van der Waals surface area contributed by atoms with E-state index in [0.29, 0.717) is 13.0 Å². The average Bonchev–Trinajstić information content (AvgIpc) is 2.67. The van der Waals surface area contributed by atoms with Crippen LogP contribution in [-0.4, -0.2) is 30.7 Å². The van der Waals surface area contributed by atoms with Gasteiger partial charge in [0.25, 0.3) is 0 Å². The van der Waals surface area contributed by atoms with Gasteiger partial charge in [-0.25, -0.2) is 0 Å². The number of hydrogen-bond acceptors (Lipinski definition) is 5. The van der Waals surface area contributed by atoms with E-state index < -0.39 is 11.3 Å². The topological polar surface area (TPSA) is 98.5 Å². The minimum Gasteiger partial charge on any atom is -0.305 e. The number of benzene rings is 1. The monoisotopic (exact) mass is 343 g/mol. The molecule has 1 unspecified atom stereocenters. The fraction of sp³-hybridized carbons (Fsp3) is 0.429. The number of hydrogen-bond donors (Lipinski definition) is 1. The maximum Gasteiger partial charge on any atom is 0.185 e. The number of nitriles is 3. The van der Waals surface area contributed by atoms with E-state index in [-0.39, 0.29) is 17.5 Å². The van der Waals surface area contributed by atoms with Gasteiger partial charge in [0.1, 0.15) is 5.92 Å². The van der Waals surface area contributed by atoms with Crippen molar-refractivity contribution in [1.82, 2.24) is 4.90 Å². The standard InChI is InChI=1S/C21H21N5/c1-26-10-9-16-17(11-22)20(25)21(13-23,14-24)19(18(16)12-26)8-7-15-5-3-2-4-6-15/h2-6,9,17-19,25H,7-8,10,12H2,1H3/t17?,18-,19+/m1/s1.